The Labute approximate surface area is 197 Å². The normalized spacial score (nSPS) is 11.1. The van der Waals surface area contributed by atoms with Crippen molar-refractivity contribution in [3.8, 4) is 0 Å². The van der Waals surface area contributed by atoms with Crippen molar-refractivity contribution >= 4 is 46.3 Å². The molecule has 0 spiro atoms. The van der Waals surface area contributed by atoms with Crippen molar-refractivity contribution in [2.75, 3.05) is 29.0 Å². The number of nitrogens with zero attached hydrogens (tertiary/aromatic N) is 2. The third-order valence-corrected chi connectivity index (χ3v) is 5.62. The van der Waals surface area contributed by atoms with Gasteiger partial charge in [-0.2, -0.15) is 0 Å². The van der Waals surface area contributed by atoms with Gasteiger partial charge in [0, 0.05) is 31.1 Å². The number of hydrogen-bond acceptors (Lipinski definition) is 5. The van der Waals surface area contributed by atoms with Crippen molar-refractivity contribution in [1.82, 2.24) is 9.55 Å². The van der Waals surface area contributed by atoms with E-state index in [1.54, 1.807) is 23.1 Å². The first-order chi connectivity index (χ1) is 15.1. The van der Waals surface area contributed by atoms with E-state index in [0.717, 1.165) is 19.3 Å². The summed E-state index contributed by atoms with van der Waals surface area (Å²) < 4.78 is 1.38. The number of hydrogen-bond donors (Lipinski definition) is 3. The van der Waals surface area contributed by atoms with Crippen LogP contribution in [-0.4, -0.2) is 28.5 Å². The summed E-state index contributed by atoms with van der Waals surface area (Å²) in [6, 6.07) is 4.81. The molecule has 1 aromatic heterocycles. The van der Waals surface area contributed by atoms with E-state index in [9.17, 15) is 14.4 Å². The van der Waals surface area contributed by atoms with Crippen molar-refractivity contribution < 1.29 is 4.79 Å². The van der Waals surface area contributed by atoms with E-state index < -0.39 is 11.2 Å². The molecule has 0 bridgehead atoms. The lowest BCUT2D eigenvalue weighted by molar-refractivity contribution is -0.116. The van der Waals surface area contributed by atoms with Crippen LogP contribution in [0.15, 0.2) is 27.8 Å². The molecule has 2 aromatic rings. The van der Waals surface area contributed by atoms with Crippen LogP contribution in [0.25, 0.3) is 0 Å². The van der Waals surface area contributed by atoms with Gasteiger partial charge in [0.2, 0.25) is 5.91 Å². The van der Waals surface area contributed by atoms with Crippen molar-refractivity contribution in [3.05, 3.63) is 49.1 Å². The average Bonchev–Trinajstić information content (AvgIpc) is 2.71. The highest BCUT2D eigenvalue weighted by molar-refractivity contribution is 6.35. The minimum absolute atomic E-state index is 0.0912. The number of amides is 1. The summed E-state index contributed by atoms with van der Waals surface area (Å²) in [7, 11) is 0. The molecule has 0 aliphatic carbocycles. The number of nitrogen functional groups attached to an aromatic ring is 1. The number of nitrogens with two attached hydrogens (primary N) is 1. The standard InChI is InChI=1S/C22H31Cl2N5O3/c1-4-5-10-29-20(25)19(21(31)27-22(29)32)28(11-8-14(2)3)12-9-18(30)26-17-13-15(23)6-7-16(17)24/h6-7,13-14H,4-5,8-12,25H2,1-3H3,(H,26,30)(H,27,31,32). The van der Waals surface area contributed by atoms with Gasteiger partial charge in [0.05, 0.1) is 10.7 Å². The zero-order valence-corrected chi connectivity index (χ0v) is 20.2. The first-order valence-electron chi connectivity index (χ1n) is 10.8. The van der Waals surface area contributed by atoms with Crippen molar-refractivity contribution in [1.29, 1.82) is 0 Å². The Morgan fingerprint density at radius 2 is 1.97 bits per heavy atom. The molecule has 176 valence electrons. The number of halogens is 2. The molecule has 1 aromatic carbocycles. The van der Waals surface area contributed by atoms with Crippen LogP contribution in [0, 0.1) is 5.92 Å². The lowest BCUT2D eigenvalue weighted by Gasteiger charge is -2.27. The minimum atomic E-state index is -0.553. The number of rotatable bonds is 11. The SMILES string of the molecule is CCCCn1c(N)c(N(CCC(=O)Nc2cc(Cl)ccc2Cl)CCC(C)C)c(=O)[nH]c1=O. The second-order valence-electron chi connectivity index (χ2n) is 8.09. The molecule has 4 N–H and O–H groups in total. The van der Waals surface area contributed by atoms with Crippen molar-refractivity contribution in [2.45, 2.75) is 53.0 Å². The number of nitrogens with one attached hydrogen (secondary N) is 2. The highest BCUT2D eigenvalue weighted by Crippen LogP contribution is 2.26. The smallest absolute Gasteiger partial charge is 0.330 e. The maximum absolute atomic E-state index is 12.7. The van der Waals surface area contributed by atoms with E-state index >= 15 is 0 Å². The number of carbonyl (C=O) groups excluding carboxylic acids is 1. The largest absolute Gasteiger partial charge is 0.383 e. The Morgan fingerprint density at radius 1 is 1.25 bits per heavy atom. The molecule has 0 aliphatic heterocycles. The Bertz CT molecular complexity index is 1050. The molecule has 32 heavy (non-hydrogen) atoms. The van der Waals surface area contributed by atoms with E-state index in [1.807, 2.05) is 6.92 Å². The first kappa shape index (κ1) is 25.8. The number of carbonyl (C=O) groups is 1. The van der Waals surface area contributed by atoms with Gasteiger partial charge < -0.3 is 16.0 Å². The molecule has 0 aliphatic rings. The molecular formula is C22H31Cl2N5O3. The summed E-state index contributed by atoms with van der Waals surface area (Å²) >= 11 is 12.1. The summed E-state index contributed by atoms with van der Waals surface area (Å²) in [5.74, 6) is 0.218. The van der Waals surface area contributed by atoms with Crippen molar-refractivity contribution in [2.24, 2.45) is 5.92 Å². The quantitative estimate of drug-likeness (QED) is 0.444. The lowest BCUT2D eigenvalue weighted by Crippen LogP contribution is -2.40. The Hall–Kier alpha value is -2.45. The van der Waals surface area contributed by atoms with E-state index in [0.29, 0.717) is 34.7 Å². The highest BCUT2D eigenvalue weighted by Gasteiger charge is 2.20. The fraction of sp³-hybridized carbons (Fsp3) is 0.500. The molecule has 0 unspecified atom stereocenters. The van der Waals surface area contributed by atoms with Gasteiger partial charge in [0.15, 0.2) is 0 Å². The number of H-pyrrole nitrogens is 1. The lowest BCUT2D eigenvalue weighted by atomic mass is 10.1. The molecule has 2 rings (SSSR count). The molecule has 0 atom stereocenters. The third kappa shape index (κ3) is 7.03. The van der Waals surface area contributed by atoms with Crippen LogP contribution in [0.5, 0.6) is 0 Å². The number of aromatic amines is 1. The van der Waals surface area contributed by atoms with Gasteiger partial charge in [0.25, 0.3) is 5.56 Å². The molecule has 1 heterocycles. The van der Waals surface area contributed by atoms with Gasteiger partial charge >= 0.3 is 5.69 Å². The van der Waals surface area contributed by atoms with Gasteiger partial charge in [-0.05, 0) is 37.0 Å². The molecule has 0 saturated carbocycles. The maximum Gasteiger partial charge on any atom is 0.330 e. The highest BCUT2D eigenvalue weighted by atomic mass is 35.5. The Balaban J connectivity index is 2.26. The van der Waals surface area contributed by atoms with Crippen LogP contribution in [0.4, 0.5) is 17.2 Å². The van der Waals surface area contributed by atoms with Gasteiger partial charge in [-0.3, -0.25) is 19.1 Å². The predicted octanol–water partition coefficient (Wildman–Crippen LogP) is 4.11. The van der Waals surface area contributed by atoms with Crippen LogP contribution in [-0.2, 0) is 11.3 Å². The summed E-state index contributed by atoms with van der Waals surface area (Å²) in [4.78, 5) is 41.6. The van der Waals surface area contributed by atoms with E-state index in [2.05, 4.69) is 24.1 Å². The van der Waals surface area contributed by atoms with Crippen LogP contribution in [0.3, 0.4) is 0 Å². The summed E-state index contributed by atoms with van der Waals surface area (Å²) in [6.07, 6.45) is 2.51. The van der Waals surface area contributed by atoms with Crippen LogP contribution in [0.1, 0.15) is 46.5 Å². The maximum atomic E-state index is 12.7. The summed E-state index contributed by atoms with van der Waals surface area (Å²) in [6.45, 7) is 7.33. The third-order valence-electron chi connectivity index (χ3n) is 5.05. The number of benzene rings is 1. The second-order valence-corrected chi connectivity index (χ2v) is 8.93. The minimum Gasteiger partial charge on any atom is -0.383 e. The van der Waals surface area contributed by atoms with Gasteiger partial charge in [-0.25, -0.2) is 4.79 Å². The topological polar surface area (TPSA) is 113 Å². The summed E-state index contributed by atoms with van der Waals surface area (Å²) in [5, 5.41) is 3.58. The van der Waals surface area contributed by atoms with Gasteiger partial charge in [-0.1, -0.05) is 50.4 Å². The molecule has 0 fully saturated rings. The monoisotopic (exact) mass is 483 g/mol. The van der Waals surface area contributed by atoms with Crippen LogP contribution < -0.4 is 27.2 Å². The average molecular weight is 484 g/mol. The molecule has 1 amide bonds. The van der Waals surface area contributed by atoms with E-state index in [-0.39, 0.29) is 30.4 Å². The van der Waals surface area contributed by atoms with E-state index in [1.165, 1.54) is 4.57 Å². The first-order valence-corrected chi connectivity index (χ1v) is 11.5. The number of anilines is 3. The van der Waals surface area contributed by atoms with Gasteiger partial charge in [-0.15, -0.1) is 0 Å². The predicted molar refractivity (Wildman–Crippen MR) is 132 cm³/mol. The Morgan fingerprint density at radius 3 is 2.62 bits per heavy atom. The summed E-state index contributed by atoms with van der Waals surface area (Å²) in [5.41, 5.74) is 5.83. The zero-order valence-electron chi connectivity index (χ0n) is 18.7. The molecule has 0 saturated heterocycles. The fourth-order valence-corrected chi connectivity index (χ4v) is 3.55. The number of unbranched alkanes of at least 4 members (excludes halogenated alkanes) is 1. The van der Waals surface area contributed by atoms with Crippen molar-refractivity contribution in [3.63, 3.8) is 0 Å². The number of aromatic nitrogens is 2. The Kier molecular flexibility index (Phi) is 9.65. The van der Waals surface area contributed by atoms with Crippen LogP contribution >= 0.6 is 23.2 Å². The molecular weight excluding hydrogens is 453 g/mol. The second kappa shape index (κ2) is 12.0. The van der Waals surface area contributed by atoms with E-state index in [4.69, 9.17) is 28.9 Å². The zero-order chi connectivity index (χ0) is 23.8. The van der Waals surface area contributed by atoms with Crippen LogP contribution in [0.2, 0.25) is 10.0 Å². The molecule has 8 nitrogen and oxygen atoms in total. The fourth-order valence-electron chi connectivity index (χ4n) is 3.21. The van der Waals surface area contributed by atoms with Gasteiger partial charge in [0.1, 0.15) is 11.5 Å². The molecule has 10 heteroatoms. The molecule has 0 radical (unpaired) electrons.